The molecule has 0 radical (unpaired) electrons. The molecule has 0 unspecified atom stereocenters. The summed E-state index contributed by atoms with van der Waals surface area (Å²) in [4.78, 5) is 19.1. The first-order valence-corrected chi connectivity index (χ1v) is 9.41. The van der Waals surface area contributed by atoms with Gasteiger partial charge in [-0.1, -0.05) is 18.2 Å². The Hall–Kier alpha value is -2.73. The number of likely N-dealkylation sites (tertiary alicyclic amines) is 1. The zero-order chi connectivity index (χ0) is 19.0. The van der Waals surface area contributed by atoms with E-state index in [2.05, 4.69) is 16.1 Å². The summed E-state index contributed by atoms with van der Waals surface area (Å²) in [5.74, 6) is -0.0440. The van der Waals surface area contributed by atoms with E-state index in [4.69, 9.17) is 0 Å². The van der Waals surface area contributed by atoms with Gasteiger partial charge in [0.05, 0.1) is 17.3 Å². The van der Waals surface area contributed by atoms with Crippen molar-refractivity contribution in [1.29, 1.82) is 0 Å². The number of nitrogens with zero attached hydrogens (tertiary/aromatic N) is 4. The van der Waals surface area contributed by atoms with Crippen molar-refractivity contribution in [2.45, 2.75) is 32.9 Å². The number of hydrogen-bond acceptors (Lipinski definition) is 4. The summed E-state index contributed by atoms with van der Waals surface area (Å²) in [7, 11) is 0. The fraction of sp³-hybridized carbons (Fsp3) is 0.381. The van der Waals surface area contributed by atoms with Crippen LogP contribution in [0.5, 0.6) is 0 Å². The van der Waals surface area contributed by atoms with Crippen LogP contribution >= 0.6 is 0 Å². The number of aliphatic hydroxyl groups is 1. The molecule has 1 amide bonds. The average Bonchev–Trinajstić information content (AvgIpc) is 3.24. The fourth-order valence-electron chi connectivity index (χ4n) is 3.96. The van der Waals surface area contributed by atoms with E-state index < -0.39 is 6.10 Å². The van der Waals surface area contributed by atoms with E-state index in [0.29, 0.717) is 25.3 Å². The van der Waals surface area contributed by atoms with Gasteiger partial charge in [0.25, 0.3) is 5.91 Å². The summed E-state index contributed by atoms with van der Waals surface area (Å²) in [6.45, 7) is 5.42. The first-order valence-electron chi connectivity index (χ1n) is 9.41. The van der Waals surface area contributed by atoms with Crippen LogP contribution in [0.3, 0.4) is 0 Å². The van der Waals surface area contributed by atoms with E-state index in [1.54, 1.807) is 9.58 Å². The SMILES string of the molecule is CCn1nc(C)cc1C(=O)N1C[C@@H](Cc2ccnc3ccccc23)[C@@H](O)C1. The third-order valence-corrected chi connectivity index (χ3v) is 5.34. The smallest absolute Gasteiger partial charge is 0.272 e. The van der Waals surface area contributed by atoms with Crippen LogP contribution < -0.4 is 0 Å². The number of rotatable bonds is 4. The Morgan fingerprint density at radius 1 is 1.26 bits per heavy atom. The molecule has 27 heavy (non-hydrogen) atoms. The average molecular weight is 364 g/mol. The molecule has 6 heteroatoms. The number of aryl methyl sites for hydroxylation is 2. The lowest BCUT2D eigenvalue weighted by Crippen LogP contribution is -2.31. The van der Waals surface area contributed by atoms with Crippen LogP contribution in [-0.2, 0) is 13.0 Å². The second-order valence-corrected chi connectivity index (χ2v) is 7.22. The van der Waals surface area contributed by atoms with Crippen molar-refractivity contribution in [2.24, 2.45) is 5.92 Å². The molecule has 0 aliphatic carbocycles. The van der Waals surface area contributed by atoms with Gasteiger partial charge in [-0.3, -0.25) is 14.5 Å². The van der Waals surface area contributed by atoms with Gasteiger partial charge in [0.2, 0.25) is 0 Å². The molecular formula is C21H24N4O2. The van der Waals surface area contributed by atoms with Gasteiger partial charge in [0.1, 0.15) is 5.69 Å². The van der Waals surface area contributed by atoms with E-state index in [9.17, 15) is 9.90 Å². The van der Waals surface area contributed by atoms with Gasteiger partial charge in [0, 0.05) is 37.1 Å². The van der Waals surface area contributed by atoms with Crippen molar-refractivity contribution in [3.8, 4) is 0 Å². The van der Waals surface area contributed by atoms with Crippen LogP contribution in [0.4, 0.5) is 0 Å². The normalized spacial score (nSPS) is 19.7. The van der Waals surface area contributed by atoms with Gasteiger partial charge in [-0.15, -0.1) is 0 Å². The van der Waals surface area contributed by atoms with Gasteiger partial charge >= 0.3 is 0 Å². The Bertz CT molecular complexity index is 976. The van der Waals surface area contributed by atoms with Gasteiger partial charge in [0.15, 0.2) is 0 Å². The molecule has 1 fully saturated rings. The van der Waals surface area contributed by atoms with Crippen LogP contribution in [0.25, 0.3) is 10.9 Å². The molecule has 1 aliphatic heterocycles. The number of amides is 1. The molecule has 3 heterocycles. The van der Waals surface area contributed by atoms with Crippen molar-refractivity contribution < 1.29 is 9.90 Å². The molecule has 3 aromatic rings. The highest BCUT2D eigenvalue weighted by Crippen LogP contribution is 2.26. The fourth-order valence-corrected chi connectivity index (χ4v) is 3.96. The minimum Gasteiger partial charge on any atom is -0.391 e. The molecule has 2 atom stereocenters. The number of benzene rings is 1. The quantitative estimate of drug-likeness (QED) is 0.772. The van der Waals surface area contributed by atoms with Crippen molar-refractivity contribution >= 4 is 16.8 Å². The number of fused-ring (bicyclic) bond motifs is 1. The van der Waals surface area contributed by atoms with E-state index in [1.807, 2.05) is 50.4 Å². The lowest BCUT2D eigenvalue weighted by molar-refractivity contribution is 0.0752. The number of aliphatic hydroxyl groups excluding tert-OH is 1. The van der Waals surface area contributed by atoms with Gasteiger partial charge in [-0.05, 0) is 44.0 Å². The summed E-state index contributed by atoms with van der Waals surface area (Å²) < 4.78 is 1.73. The number of carbonyl (C=O) groups excluding carboxylic acids is 1. The van der Waals surface area contributed by atoms with E-state index in [-0.39, 0.29) is 11.8 Å². The molecule has 0 bridgehead atoms. The summed E-state index contributed by atoms with van der Waals surface area (Å²) >= 11 is 0. The molecule has 1 aliphatic rings. The molecule has 0 spiro atoms. The van der Waals surface area contributed by atoms with Crippen LogP contribution in [0.1, 0.15) is 28.7 Å². The summed E-state index contributed by atoms with van der Waals surface area (Å²) in [6, 6.07) is 11.9. The maximum Gasteiger partial charge on any atom is 0.272 e. The molecule has 1 N–H and O–H groups in total. The Labute approximate surface area is 158 Å². The molecule has 1 aromatic carbocycles. The number of hydrogen-bond donors (Lipinski definition) is 1. The highest BCUT2D eigenvalue weighted by atomic mass is 16.3. The molecule has 2 aromatic heterocycles. The summed E-state index contributed by atoms with van der Waals surface area (Å²) in [5, 5.41) is 16.1. The topological polar surface area (TPSA) is 71.2 Å². The van der Waals surface area contributed by atoms with Crippen LogP contribution in [-0.4, -0.2) is 49.9 Å². The Balaban J connectivity index is 1.54. The van der Waals surface area contributed by atoms with Crippen molar-refractivity contribution in [2.75, 3.05) is 13.1 Å². The first kappa shape index (κ1) is 17.7. The zero-order valence-corrected chi connectivity index (χ0v) is 15.7. The third kappa shape index (κ3) is 3.32. The number of pyridine rings is 1. The lowest BCUT2D eigenvalue weighted by Gasteiger charge is -2.17. The van der Waals surface area contributed by atoms with Crippen molar-refractivity contribution in [1.82, 2.24) is 19.7 Å². The largest absolute Gasteiger partial charge is 0.391 e. The number of para-hydroxylation sites is 1. The molecule has 6 nitrogen and oxygen atoms in total. The van der Waals surface area contributed by atoms with Crippen molar-refractivity contribution in [3.63, 3.8) is 0 Å². The molecule has 4 rings (SSSR count). The van der Waals surface area contributed by atoms with Gasteiger partial charge < -0.3 is 10.0 Å². The van der Waals surface area contributed by atoms with Gasteiger partial charge in [-0.25, -0.2) is 0 Å². The van der Waals surface area contributed by atoms with E-state index in [0.717, 1.165) is 28.6 Å². The zero-order valence-electron chi connectivity index (χ0n) is 15.7. The molecule has 140 valence electrons. The summed E-state index contributed by atoms with van der Waals surface area (Å²) in [5.41, 5.74) is 3.54. The number of β-amino-alcohol motifs (C(OH)–C–C–N with tert-alkyl or cyclic N) is 1. The third-order valence-electron chi connectivity index (χ3n) is 5.34. The standard InChI is InChI=1S/C21H24N4O2/c1-3-25-19(10-14(2)23-25)21(27)24-12-16(20(26)13-24)11-15-8-9-22-18-7-5-4-6-17(15)18/h4-10,16,20,26H,3,11-13H2,1-2H3/t16-,20+/m1/s1. The minimum absolute atomic E-state index is 0.0128. The predicted molar refractivity (Wildman–Crippen MR) is 103 cm³/mol. The molecule has 0 saturated carbocycles. The van der Waals surface area contributed by atoms with E-state index >= 15 is 0 Å². The monoisotopic (exact) mass is 364 g/mol. The van der Waals surface area contributed by atoms with Gasteiger partial charge in [-0.2, -0.15) is 5.10 Å². The highest BCUT2D eigenvalue weighted by Gasteiger charge is 2.35. The minimum atomic E-state index is -0.528. The number of aromatic nitrogens is 3. The second-order valence-electron chi connectivity index (χ2n) is 7.22. The first-order chi connectivity index (χ1) is 13.1. The van der Waals surface area contributed by atoms with Crippen LogP contribution in [0.15, 0.2) is 42.6 Å². The van der Waals surface area contributed by atoms with Crippen LogP contribution in [0, 0.1) is 12.8 Å². The highest BCUT2D eigenvalue weighted by molar-refractivity contribution is 5.93. The second kappa shape index (κ2) is 7.12. The summed E-state index contributed by atoms with van der Waals surface area (Å²) in [6.07, 6.45) is 2.00. The molecular weight excluding hydrogens is 340 g/mol. The molecule has 1 saturated heterocycles. The lowest BCUT2D eigenvalue weighted by atomic mass is 9.94. The predicted octanol–water partition coefficient (Wildman–Crippen LogP) is 2.44. The Morgan fingerprint density at radius 3 is 2.89 bits per heavy atom. The van der Waals surface area contributed by atoms with Crippen LogP contribution in [0.2, 0.25) is 0 Å². The van der Waals surface area contributed by atoms with E-state index in [1.165, 1.54) is 0 Å². The Kier molecular flexibility index (Phi) is 4.66. The number of carbonyl (C=O) groups is 1. The van der Waals surface area contributed by atoms with Crippen molar-refractivity contribution in [3.05, 3.63) is 59.5 Å². The maximum atomic E-state index is 12.9. The Morgan fingerprint density at radius 2 is 2.07 bits per heavy atom. The maximum absolute atomic E-state index is 12.9.